The summed E-state index contributed by atoms with van der Waals surface area (Å²) in [5, 5.41) is 0. The van der Waals surface area contributed by atoms with Gasteiger partial charge in [-0.05, 0) is 30.8 Å². The molecule has 0 saturated carbocycles. The fourth-order valence-electron chi connectivity index (χ4n) is 1.02. The van der Waals surface area contributed by atoms with Gasteiger partial charge in [0.15, 0.2) is 0 Å². The monoisotopic (exact) mass is 221 g/mol. The van der Waals surface area contributed by atoms with Gasteiger partial charge in [-0.1, -0.05) is 53.7 Å². The summed E-state index contributed by atoms with van der Waals surface area (Å²) in [5.74, 6) is 1.45. The molecule has 0 atom stereocenters. The first-order valence-electron chi connectivity index (χ1n) is 6.21. The molecule has 0 aliphatic rings. The van der Waals surface area contributed by atoms with E-state index in [1.165, 1.54) is 5.57 Å². The fraction of sp³-hybridized carbons (Fsp3) is 0.667. The Hall–Kier alpha value is -0.850. The molecular weight excluding hydrogens is 194 g/mol. The summed E-state index contributed by atoms with van der Waals surface area (Å²) in [6, 6.07) is 0. The van der Waals surface area contributed by atoms with Crippen LogP contribution >= 0.6 is 0 Å². The summed E-state index contributed by atoms with van der Waals surface area (Å²) in [6.45, 7) is 19.2. The number of rotatable bonds is 5. The molecule has 0 rings (SSSR count). The number of hydrogen-bond donors (Lipinski definition) is 0. The summed E-state index contributed by atoms with van der Waals surface area (Å²) in [6.07, 6.45) is 2.21. The minimum absolute atomic E-state index is 0.418. The number of nitrogens with zero attached hydrogens (tertiary/aromatic N) is 1. The molecule has 0 radical (unpaired) electrons. The first-order valence-corrected chi connectivity index (χ1v) is 6.21. The molecule has 0 fully saturated rings. The first kappa shape index (κ1) is 15.2. The lowest BCUT2D eigenvalue weighted by Gasteiger charge is -2.12. The highest BCUT2D eigenvalue weighted by molar-refractivity contribution is 5.97. The van der Waals surface area contributed by atoms with Gasteiger partial charge in [0.25, 0.3) is 0 Å². The molecule has 0 aromatic carbocycles. The normalized spacial score (nSPS) is 14.1. The number of aliphatic imine (C=N–C) groups is 1. The summed E-state index contributed by atoms with van der Waals surface area (Å²) >= 11 is 0. The molecule has 0 amide bonds. The Morgan fingerprint density at radius 3 is 1.75 bits per heavy atom. The maximum atomic E-state index is 4.64. The van der Waals surface area contributed by atoms with E-state index in [0.717, 1.165) is 11.4 Å². The van der Waals surface area contributed by atoms with Crippen LogP contribution in [0.5, 0.6) is 0 Å². The molecule has 0 unspecified atom stereocenters. The van der Waals surface area contributed by atoms with Crippen LogP contribution < -0.4 is 0 Å². The highest BCUT2D eigenvalue weighted by atomic mass is 14.8. The van der Waals surface area contributed by atoms with Crippen molar-refractivity contribution < 1.29 is 0 Å². The van der Waals surface area contributed by atoms with Crippen LogP contribution in [0.1, 0.15) is 48.5 Å². The molecule has 0 heterocycles. The molecule has 0 N–H and O–H groups in total. The van der Waals surface area contributed by atoms with Crippen molar-refractivity contribution in [2.24, 2.45) is 22.7 Å². The van der Waals surface area contributed by atoms with Crippen LogP contribution in [0.3, 0.4) is 0 Å². The maximum Gasteiger partial charge on any atom is 0.0431 e. The molecular formula is C15H27N. The van der Waals surface area contributed by atoms with Gasteiger partial charge in [-0.25, -0.2) is 0 Å². The van der Waals surface area contributed by atoms with Crippen LogP contribution in [0.4, 0.5) is 0 Å². The molecule has 0 spiro atoms. The Bertz CT molecular complexity index is 291. The van der Waals surface area contributed by atoms with Gasteiger partial charge in [0.2, 0.25) is 0 Å². The predicted octanol–water partition coefficient (Wildman–Crippen LogP) is 4.86. The van der Waals surface area contributed by atoms with Crippen LogP contribution in [-0.4, -0.2) is 5.71 Å². The van der Waals surface area contributed by atoms with Crippen molar-refractivity contribution in [1.29, 1.82) is 0 Å². The van der Waals surface area contributed by atoms with Gasteiger partial charge >= 0.3 is 0 Å². The van der Waals surface area contributed by atoms with E-state index in [4.69, 9.17) is 0 Å². The molecule has 0 aliphatic carbocycles. The molecule has 1 heteroatoms. The molecule has 1 nitrogen and oxygen atoms in total. The standard InChI is InChI=1S/C15H27N/c1-10(2)13(7)9-15(12(5)6)16-14(8)11(3)4/h9-12H,8H2,1-7H3/b13-9+,16-15+. The average molecular weight is 221 g/mol. The van der Waals surface area contributed by atoms with E-state index < -0.39 is 0 Å². The van der Waals surface area contributed by atoms with Crippen LogP contribution in [0, 0.1) is 17.8 Å². The van der Waals surface area contributed by atoms with E-state index in [2.05, 4.69) is 66.1 Å². The molecule has 0 bridgehead atoms. The molecule has 92 valence electrons. The van der Waals surface area contributed by atoms with Crippen LogP contribution in [-0.2, 0) is 0 Å². The quantitative estimate of drug-likeness (QED) is 0.588. The van der Waals surface area contributed by atoms with E-state index in [9.17, 15) is 0 Å². The van der Waals surface area contributed by atoms with Gasteiger partial charge in [-0.3, -0.25) is 4.99 Å². The largest absolute Gasteiger partial charge is 0.258 e. The van der Waals surface area contributed by atoms with Crippen molar-refractivity contribution >= 4 is 5.71 Å². The third kappa shape index (κ3) is 5.29. The minimum Gasteiger partial charge on any atom is -0.258 e. The molecule has 0 aliphatic heterocycles. The van der Waals surface area contributed by atoms with Gasteiger partial charge in [0.1, 0.15) is 0 Å². The van der Waals surface area contributed by atoms with E-state index in [0.29, 0.717) is 17.8 Å². The molecule has 0 saturated heterocycles. The Kier molecular flexibility index (Phi) is 6.32. The lowest BCUT2D eigenvalue weighted by Crippen LogP contribution is -2.08. The fourth-order valence-corrected chi connectivity index (χ4v) is 1.02. The summed E-state index contributed by atoms with van der Waals surface area (Å²) in [7, 11) is 0. The van der Waals surface area contributed by atoms with Crippen LogP contribution in [0.25, 0.3) is 0 Å². The molecule has 16 heavy (non-hydrogen) atoms. The van der Waals surface area contributed by atoms with E-state index in [1.54, 1.807) is 0 Å². The zero-order valence-electron chi connectivity index (χ0n) is 12.0. The Morgan fingerprint density at radius 2 is 1.44 bits per heavy atom. The number of hydrogen-bond acceptors (Lipinski definition) is 1. The van der Waals surface area contributed by atoms with Crippen molar-refractivity contribution in [3.8, 4) is 0 Å². The summed E-state index contributed by atoms with van der Waals surface area (Å²) in [5.41, 5.74) is 3.49. The summed E-state index contributed by atoms with van der Waals surface area (Å²) < 4.78 is 0. The summed E-state index contributed by atoms with van der Waals surface area (Å²) in [4.78, 5) is 4.64. The second kappa shape index (κ2) is 6.67. The smallest absolute Gasteiger partial charge is 0.0431 e. The lowest BCUT2D eigenvalue weighted by atomic mass is 9.99. The maximum absolute atomic E-state index is 4.64. The van der Waals surface area contributed by atoms with Crippen molar-refractivity contribution in [3.63, 3.8) is 0 Å². The first-order chi connectivity index (χ1) is 7.25. The van der Waals surface area contributed by atoms with Crippen molar-refractivity contribution in [2.45, 2.75) is 48.5 Å². The van der Waals surface area contributed by atoms with E-state index >= 15 is 0 Å². The van der Waals surface area contributed by atoms with Gasteiger partial charge in [-0.15, -0.1) is 0 Å². The van der Waals surface area contributed by atoms with E-state index in [1.807, 2.05) is 0 Å². The Labute approximate surface area is 101 Å². The third-order valence-corrected chi connectivity index (χ3v) is 2.82. The van der Waals surface area contributed by atoms with Gasteiger partial charge in [0, 0.05) is 11.4 Å². The second-order valence-electron chi connectivity index (χ2n) is 5.38. The minimum atomic E-state index is 0.418. The molecule has 0 aromatic rings. The third-order valence-electron chi connectivity index (χ3n) is 2.82. The van der Waals surface area contributed by atoms with Gasteiger partial charge in [-0.2, -0.15) is 0 Å². The predicted molar refractivity (Wildman–Crippen MR) is 74.8 cm³/mol. The lowest BCUT2D eigenvalue weighted by molar-refractivity contribution is 0.752. The van der Waals surface area contributed by atoms with E-state index in [-0.39, 0.29) is 0 Å². The van der Waals surface area contributed by atoms with Gasteiger partial charge < -0.3 is 0 Å². The van der Waals surface area contributed by atoms with Crippen molar-refractivity contribution in [3.05, 3.63) is 23.9 Å². The Morgan fingerprint density at radius 1 is 0.938 bits per heavy atom. The Balaban J connectivity index is 5.04. The zero-order valence-corrected chi connectivity index (χ0v) is 12.0. The molecule has 0 aromatic heterocycles. The van der Waals surface area contributed by atoms with Gasteiger partial charge in [0.05, 0.1) is 0 Å². The number of allylic oxidation sites excluding steroid dienone is 3. The van der Waals surface area contributed by atoms with Crippen molar-refractivity contribution in [2.75, 3.05) is 0 Å². The van der Waals surface area contributed by atoms with Crippen LogP contribution in [0.15, 0.2) is 28.9 Å². The van der Waals surface area contributed by atoms with Crippen LogP contribution in [0.2, 0.25) is 0 Å². The van der Waals surface area contributed by atoms with Crippen molar-refractivity contribution in [1.82, 2.24) is 0 Å². The highest BCUT2D eigenvalue weighted by Crippen LogP contribution is 2.15. The zero-order chi connectivity index (χ0) is 12.9. The SMILES string of the molecule is C=C(/N=C(\C=C(/C)C(C)C)C(C)C)C(C)C. The average Bonchev–Trinajstić information content (AvgIpc) is 2.15. The second-order valence-corrected chi connectivity index (χ2v) is 5.38. The highest BCUT2D eigenvalue weighted by Gasteiger charge is 2.07. The topological polar surface area (TPSA) is 12.4 Å².